The smallest absolute Gasteiger partial charge is 0.355 e. The molecule has 0 spiro atoms. The number of carboxylic acids is 1. The summed E-state index contributed by atoms with van der Waals surface area (Å²) in [5.41, 5.74) is 4.41. The molecule has 0 saturated carbocycles. The van der Waals surface area contributed by atoms with E-state index in [1.165, 1.54) is 0 Å². The number of hydrogen-bond donors (Lipinski definition) is 2. The number of nitrogens with two attached hydrogens (primary N) is 1. The molecule has 0 aliphatic heterocycles. The molecular weight excluding hydrogens is 274 g/mol. The highest BCUT2D eigenvalue weighted by Crippen LogP contribution is 2.26. The van der Waals surface area contributed by atoms with Crippen molar-refractivity contribution in [1.29, 1.82) is 0 Å². The molecule has 0 aliphatic carbocycles. The Bertz CT molecular complexity index is 398. The van der Waals surface area contributed by atoms with E-state index in [1.807, 2.05) is 0 Å². The summed E-state index contributed by atoms with van der Waals surface area (Å²) in [7, 11) is 0. The van der Waals surface area contributed by atoms with E-state index in [-0.39, 0.29) is 11.1 Å². The summed E-state index contributed by atoms with van der Waals surface area (Å²) in [4.78, 5) is 14.0. The first-order chi connectivity index (χ1) is 6.97. The number of nitrogens with zero attached hydrogens (tertiary/aromatic N) is 1. The van der Waals surface area contributed by atoms with Crippen molar-refractivity contribution < 1.29 is 18.7 Å². The fourth-order valence-electron chi connectivity index (χ4n) is 1.03. The zero-order chi connectivity index (χ0) is 11.6. The lowest BCUT2D eigenvalue weighted by atomic mass is 10.1. The standard InChI is InChI=1S/C8H7BrF2N2O2/c9-2-3-1-4(6(10)11)5(8(14)15)13-7(3)12/h1,6H,2H2,(H2,12,13)(H,14,15). The Hall–Kier alpha value is -1.24. The van der Waals surface area contributed by atoms with Gasteiger partial charge in [0.15, 0.2) is 5.69 Å². The molecule has 0 aliphatic rings. The molecule has 0 amide bonds. The predicted octanol–water partition coefficient (Wildman–Crippen LogP) is 2.19. The van der Waals surface area contributed by atoms with E-state index < -0.39 is 23.7 Å². The van der Waals surface area contributed by atoms with Gasteiger partial charge in [-0.05, 0) is 6.07 Å². The maximum absolute atomic E-state index is 12.5. The number of anilines is 1. The van der Waals surface area contributed by atoms with Crippen LogP contribution in [0.4, 0.5) is 14.6 Å². The van der Waals surface area contributed by atoms with Gasteiger partial charge in [0.25, 0.3) is 6.43 Å². The first-order valence-corrected chi connectivity index (χ1v) is 4.96. The number of carboxylic acid groups (broad SMARTS) is 1. The van der Waals surface area contributed by atoms with Crippen LogP contribution in [0.3, 0.4) is 0 Å². The fourth-order valence-corrected chi connectivity index (χ4v) is 1.48. The number of hydrogen-bond acceptors (Lipinski definition) is 3. The van der Waals surface area contributed by atoms with E-state index in [4.69, 9.17) is 10.8 Å². The van der Waals surface area contributed by atoms with Gasteiger partial charge in [0.1, 0.15) is 5.82 Å². The third kappa shape index (κ3) is 2.41. The van der Waals surface area contributed by atoms with Gasteiger partial charge in [-0.3, -0.25) is 0 Å². The van der Waals surface area contributed by atoms with Gasteiger partial charge in [0.2, 0.25) is 0 Å². The van der Waals surface area contributed by atoms with Crippen LogP contribution in [0.25, 0.3) is 0 Å². The van der Waals surface area contributed by atoms with Crippen LogP contribution >= 0.6 is 15.9 Å². The van der Waals surface area contributed by atoms with Gasteiger partial charge in [-0.15, -0.1) is 0 Å². The third-order valence-corrected chi connectivity index (χ3v) is 2.35. The molecule has 0 aromatic carbocycles. The molecule has 7 heteroatoms. The van der Waals surface area contributed by atoms with Crippen LogP contribution in [0.5, 0.6) is 0 Å². The molecule has 0 radical (unpaired) electrons. The minimum absolute atomic E-state index is 0.0614. The van der Waals surface area contributed by atoms with E-state index in [0.717, 1.165) is 6.07 Å². The summed E-state index contributed by atoms with van der Waals surface area (Å²) in [6.45, 7) is 0. The molecule has 3 N–H and O–H groups in total. The van der Waals surface area contributed by atoms with E-state index in [0.29, 0.717) is 5.56 Å². The topological polar surface area (TPSA) is 76.2 Å². The normalized spacial score (nSPS) is 10.7. The van der Waals surface area contributed by atoms with E-state index in [9.17, 15) is 13.6 Å². The van der Waals surface area contributed by atoms with Crippen LogP contribution in [-0.2, 0) is 5.33 Å². The van der Waals surface area contributed by atoms with E-state index >= 15 is 0 Å². The van der Waals surface area contributed by atoms with Crippen molar-refractivity contribution in [2.24, 2.45) is 0 Å². The van der Waals surface area contributed by atoms with Gasteiger partial charge in [0.05, 0.1) is 5.56 Å². The van der Waals surface area contributed by atoms with Gasteiger partial charge in [0, 0.05) is 10.9 Å². The first kappa shape index (κ1) is 11.8. The van der Waals surface area contributed by atoms with E-state index in [2.05, 4.69) is 20.9 Å². The molecule has 4 nitrogen and oxygen atoms in total. The van der Waals surface area contributed by atoms with Crippen LogP contribution in [0.2, 0.25) is 0 Å². The van der Waals surface area contributed by atoms with Gasteiger partial charge >= 0.3 is 5.97 Å². The molecule has 0 saturated heterocycles. The van der Waals surface area contributed by atoms with Crippen molar-refractivity contribution in [3.8, 4) is 0 Å². The summed E-state index contributed by atoms with van der Waals surface area (Å²) in [5, 5.41) is 8.88. The molecule has 1 aromatic rings. The number of halogens is 3. The van der Waals surface area contributed by atoms with Crippen molar-refractivity contribution in [1.82, 2.24) is 4.98 Å². The van der Waals surface area contributed by atoms with Gasteiger partial charge in [-0.1, -0.05) is 15.9 Å². The third-order valence-electron chi connectivity index (χ3n) is 1.75. The highest BCUT2D eigenvalue weighted by atomic mass is 79.9. The van der Waals surface area contributed by atoms with Crippen LogP contribution in [-0.4, -0.2) is 16.1 Å². The Kier molecular flexibility index (Phi) is 3.57. The number of nitrogen functional groups attached to an aromatic ring is 1. The predicted molar refractivity (Wildman–Crippen MR) is 53.2 cm³/mol. The molecule has 0 fully saturated rings. The minimum Gasteiger partial charge on any atom is -0.476 e. The molecule has 0 atom stereocenters. The number of carbonyl (C=O) groups is 1. The lowest BCUT2D eigenvalue weighted by Gasteiger charge is -2.08. The Balaban J connectivity index is 3.38. The van der Waals surface area contributed by atoms with Crippen molar-refractivity contribution in [3.05, 3.63) is 22.9 Å². The average molecular weight is 281 g/mol. The van der Waals surface area contributed by atoms with Crippen molar-refractivity contribution >= 4 is 27.7 Å². The lowest BCUT2D eigenvalue weighted by Crippen LogP contribution is -2.10. The van der Waals surface area contributed by atoms with E-state index in [1.54, 1.807) is 0 Å². The minimum atomic E-state index is -2.89. The number of alkyl halides is 3. The van der Waals surface area contributed by atoms with Crippen molar-refractivity contribution in [3.63, 3.8) is 0 Å². The number of aromatic carboxylic acids is 1. The number of rotatable bonds is 3. The second kappa shape index (κ2) is 4.52. The van der Waals surface area contributed by atoms with Crippen LogP contribution < -0.4 is 5.73 Å². The zero-order valence-electron chi connectivity index (χ0n) is 7.38. The van der Waals surface area contributed by atoms with Crippen molar-refractivity contribution in [2.75, 3.05) is 5.73 Å². The molecular formula is C8H7BrF2N2O2. The summed E-state index contributed by atoms with van der Waals surface area (Å²) in [6.07, 6.45) is -2.89. The SMILES string of the molecule is Nc1nc(C(=O)O)c(C(F)F)cc1CBr. The molecule has 15 heavy (non-hydrogen) atoms. The second-order valence-corrected chi connectivity index (χ2v) is 3.27. The van der Waals surface area contributed by atoms with Crippen LogP contribution in [0.1, 0.15) is 28.0 Å². The number of pyridine rings is 1. The Morgan fingerprint density at radius 2 is 2.27 bits per heavy atom. The van der Waals surface area contributed by atoms with Crippen LogP contribution in [0.15, 0.2) is 6.07 Å². The average Bonchev–Trinajstić information content (AvgIpc) is 2.16. The molecule has 1 heterocycles. The molecule has 0 bridgehead atoms. The monoisotopic (exact) mass is 280 g/mol. The highest BCUT2D eigenvalue weighted by Gasteiger charge is 2.21. The lowest BCUT2D eigenvalue weighted by molar-refractivity contribution is 0.0677. The van der Waals surface area contributed by atoms with Gasteiger partial charge in [-0.2, -0.15) is 0 Å². The Morgan fingerprint density at radius 1 is 1.67 bits per heavy atom. The van der Waals surface area contributed by atoms with Crippen molar-refractivity contribution in [2.45, 2.75) is 11.8 Å². The molecule has 1 aromatic heterocycles. The number of aromatic nitrogens is 1. The zero-order valence-corrected chi connectivity index (χ0v) is 8.96. The Morgan fingerprint density at radius 3 is 2.67 bits per heavy atom. The summed E-state index contributed by atoms with van der Waals surface area (Å²) >= 11 is 3.04. The molecule has 1 rings (SSSR count). The second-order valence-electron chi connectivity index (χ2n) is 2.71. The summed E-state index contributed by atoms with van der Waals surface area (Å²) < 4.78 is 25.0. The largest absolute Gasteiger partial charge is 0.476 e. The maximum atomic E-state index is 12.5. The molecule has 0 unspecified atom stereocenters. The fraction of sp³-hybridized carbons (Fsp3) is 0.250. The summed E-state index contributed by atoms with van der Waals surface area (Å²) in [5.74, 6) is -1.58. The quantitative estimate of drug-likeness (QED) is 0.833. The maximum Gasteiger partial charge on any atom is 0.355 e. The Labute approximate surface area is 92.2 Å². The molecule has 82 valence electrons. The van der Waals surface area contributed by atoms with Gasteiger partial charge < -0.3 is 10.8 Å². The van der Waals surface area contributed by atoms with Crippen LogP contribution in [0, 0.1) is 0 Å². The highest BCUT2D eigenvalue weighted by molar-refractivity contribution is 9.08. The summed E-state index contributed by atoms with van der Waals surface area (Å²) in [6, 6.07) is 1.05. The van der Waals surface area contributed by atoms with Gasteiger partial charge in [-0.25, -0.2) is 18.6 Å². The first-order valence-electron chi connectivity index (χ1n) is 3.84.